The number of ketones is 1. The second kappa shape index (κ2) is 10.8. The van der Waals surface area contributed by atoms with Crippen LogP contribution < -0.4 is 27.1 Å². The number of rotatable bonds is 8. The van der Waals surface area contributed by atoms with Crippen molar-refractivity contribution in [1.29, 1.82) is 0 Å². The third-order valence-corrected chi connectivity index (χ3v) is 6.41. The minimum Gasteiger partial charge on any atom is -0.477 e. The molecule has 3 aromatic rings. The molecule has 1 amide bonds. The molecule has 1 aliphatic heterocycles. The van der Waals surface area contributed by atoms with Crippen LogP contribution in [0.3, 0.4) is 0 Å². The van der Waals surface area contributed by atoms with E-state index in [4.69, 9.17) is 11.5 Å². The molecule has 3 unspecified atom stereocenters. The monoisotopic (exact) mass is 546 g/mol. The molecule has 1 fully saturated rings. The first-order valence-electron chi connectivity index (χ1n) is 11.9. The van der Waals surface area contributed by atoms with Crippen LogP contribution in [0.5, 0.6) is 0 Å². The molecular formula is C25H25F3N6O5. The maximum atomic E-state index is 15.4. The van der Waals surface area contributed by atoms with Crippen LogP contribution in [0.2, 0.25) is 0 Å². The number of fused-ring (bicyclic) bond motifs is 1. The number of nitrogens with one attached hydrogen (secondary N) is 1. The van der Waals surface area contributed by atoms with Gasteiger partial charge in [-0.2, -0.15) is 0 Å². The summed E-state index contributed by atoms with van der Waals surface area (Å²) in [6.07, 6.45) is 0.635. The van der Waals surface area contributed by atoms with Gasteiger partial charge in [0.1, 0.15) is 23.4 Å². The van der Waals surface area contributed by atoms with Crippen LogP contribution in [-0.4, -0.2) is 57.1 Å². The summed E-state index contributed by atoms with van der Waals surface area (Å²) in [6.45, 7) is 1.70. The standard InChI is InChI=1S/C25H25F3N6O5/c1-11(29)19(35)9-17(30)24(37)31-20-3-2-6-33(20)23-16(28)8-13-21(36)14(25(38)39)10-34(22(13)32-23)18-5-4-12(26)7-15(18)27/h4-5,7-8,10-11,17,20H,2-3,6,9,29-30H2,1H3,(H,31,37)(H,38,39). The Kier molecular flexibility index (Phi) is 7.70. The number of Topliss-reactive ketones (excluding diaryl/α,β-unsaturated/α-hetero) is 1. The normalized spacial score (nSPS) is 16.8. The van der Waals surface area contributed by atoms with Gasteiger partial charge in [0.05, 0.1) is 23.2 Å². The van der Waals surface area contributed by atoms with E-state index in [0.29, 0.717) is 18.9 Å². The number of hydrogen-bond donors (Lipinski definition) is 4. The number of aromatic nitrogens is 2. The summed E-state index contributed by atoms with van der Waals surface area (Å²) in [5.41, 5.74) is 8.92. The number of carbonyl (C=O) groups excluding carboxylic acids is 2. The van der Waals surface area contributed by atoms with E-state index in [0.717, 1.165) is 29.0 Å². The average Bonchev–Trinajstić information content (AvgIpc) is 3.32. The lowest BCUT2D eigenvalue weighted by Gasteiger charge is -2.28. The molecule has 6 N–H and O–H groups in total. The van der Waals surface area contributed by atoms with Crippen LogP contribution in [-0.2, 0) is 9.59 Å². The minimum atomic E-state index is -1.64. The summed E-state index contributed by atoms with van der Waals surface area (Å²) in [6, 6.07) is 1.31. The van der Waals surface area contributed by atoms with Crippen molar-refractivity contribution in [3.8, 4) is 5.69 Å². The SMILES string of the molecule is CC(N)C(=O)CC(N)C(=O)NC1CCCN1c1nc2c(cc1F)c(=O)c(C(=O)O)cn2-c1ccc(F)cc1F. The second-order valence-electron chi connectivity index (χ2n) is 9.23. The highest BCUT2D eigenvalue weighted by molar-refractivity contribution is 5.93. The number of amides is 1. The first-order chi connectivity index (χ1) is 18.4. The van der Waals surface area contributed by atoms with Gasteiger partial charge in [0.15, 0.2) is 23.1 Å². The molecule has 14 heteroatoms. The van der Waals surface area contributed by atoms with Crippen LogP contribution in [0.15, 0.2) is 35.3 Å². The van der Waals surface area contributed by atoms with Gasteiger partial charge in [0.25, 0.3) is 0 Å². The molecule has 0 aliphatic carbocycles. The molecule has 39 heavy (non-hydrogen) atoms. The van der Waals surface area contributed by atoms with Gasteiger partial charge in [-0.1, -0.05) is 0 Å². The van der Waals surface area contributed by atoms with Crippen molar-refractivity contribution < 1.29 is 32.7 Å². The van der Waals surface area contributed by atoms with Crippen molar-refractivity contribution in [3.63, 3.8) is 0 Å². The number of carboxylic acids is 1. The number of nitrogens with two attached hydrogens (primary N) is 2. The Labute approximate surface area is 219 Å². The van der Waals surface area contributed by atoms with E-state index in [-0.39, 0.29) is 30.1 Å². The lowest BCUT2D eigenvalue weighted by Crippen LogP contribution is -2.51. The maximum absolute atomic E-state index is 15.4. The zero-order valence-corrected chi connectivity index (χ0v) is 20.7. The summed E-state index contributed by atoms with van der Waals surface area (Å²) < 4.78 is 44.5. The highest BCUT2D eigenvalue weighted by Crippen LogP contribution is 2.29. The van der Waals surface area contributed by atoms with Crippen molar-refractivity contribution in [1.82, 2.24) is 14.9 Å². The van der Waals surface area contributed by atoms with Crippen LogP contribution in [0.25, 0.3) is 16.7 Å². The summed E-state index contributed by atoms with van der Waals surface area (Å²) in [5, 5.41) is 11.7. The van der Waals surface area contributed by atoms with Gasteiger partial charge in [-0.25, -0.2) is 22.9 Å². The summed E-state index contributed by atoms with van der Waals surface area (Å²) in [4.78, 5) is 54.7. The molecule has 0 radical (unpaired) electrons. The number of nitrogens with zero attached hydrogens (tertiary/aromatic N) is 3. The summed E-state index contributed by atoms with van der Waals surface area (Å²) in [7, 11) is 0. The third kappa shape index (κ3) is 5.47. The number of pyridine rings is 2. The predicted octanol–water partition coefficient (Wildman–Crippen LogP) is 1.18. The van der Waals surface area contributed by atoms with E-state index >= 15 is 4.39 Å². The Morgan fingerprint density at radius 1 is 1.18 bits per heavy atom. The molecule has 0 saturated carbocycles. The molecular weight excluding hydrogens is 521 g/mol. The molecule has 2 aromatic heterocycles. The number of halogens is 3. The van der Waals surface area contributed by atoms with Gasteiger partial charge < -0.3 is 26.8 Å². The molecule has 1 aromatic carbocycles. The van der Waals surface area contributed by atoms with E-state index in [1.807, 2.05) is 0 Å². The molecule has 0 spiro atoms. The molecule has 0 bridgehead atoms. The Morgan fingerprint density at radius 3 is 2.54 bits per heavy atom. The quantitative estimate of drug-likeness (QED) is 0.323. The molecule has 3 atom stereocenters. The van der Waals surface area contributed by atoms with Crippen LogP contribution in [0.1, 0.15) is 36.5 Å². The largest absolute Gasteiger partial charge is 0.477 e. The van der Waals surface area contributed by atoms with E-state index < -0.39 is 69.7 Å². The fraction of sp³-hybridized carbons (Fsp3) is 0.320. The highest BCUT2D eigenvalue weighted by atomic mass is 19.1. The van der Waals surface area contributed by atoms with Gasteiger partial charge in [-0.15, -0.1) is 0 Å². The zero-order chi connectivity index (χ0) is 28.6. The second-order valence-corrected chi connectivity index (χ2v) is 9.23. The number of anilines is 1. The zero-order valence-electron chi connectivity index (χ0n) is 20.7. The van der Waals surface area contributed by atoms with Crippen LogP contribution in [0.4, 0.5) is 19.0 Å². The Hall–Kier alpha value is -4.30. The van der Waals surface area contributed by atoms with E-state index in [2.05, 4.69) is 10.3 Å². The highest BCUT2D eigenvalue weighted by Gasteiger charge is 2.32. The smallest absolute Gasteiger partial charge is 0.341 e. The van der Waals surface area contributed by atoms with Gasteiger partial charge in [0.2, 0.25) is 11.3 Å². The predicted molar refractivity (Wildman–Crippen MR) is 134 cm³/mol. The first-order valence-corrected chi connectivity index (χ1v) is 11.9. The molecule has 1 aliphatic rings. The van der Waals surface area contributed by atoms with Crippen LogP contribution >= 0.6 is 0 Å². The van der Waals surface area contributed by atoms with Crippen molar-refractivity contribution >= 4 is 34.5 Å². The average molecular weight is 547 g/mol. The van der Waals surface area contributed by atoms with Gasteiger partial charge >= 0.3 is 5.97 Å². The van der Waals surface area contributed by atoms with Gasteiger partial charge in [-0.3, -0.25) is 19.0 Å². The third-order valence-electron chi connectivity index (χ3n) is 6.41. The molecule has 1 saturated heterocycles. The summed E-state index contributed by atoms with van der Waals surface area (Å²) in [5.74, 6) is -5.98. The maximum Gasteiger partial charge on any atom is 0.341 e. The Bertz CT molecular complexity index is 1540. The fourth-order valence-corrected chi connectivity index (χ4v) is 4.37. The lowest BCUT2D eigenvalue weighted by molar-refractivity contribution is -0.127. The molecule has 4 rings (SSSR count). The Morgan fingerprint density at radius 2 is 1.90 bits per heavy atom. The molecule has 206 valence electrons. The van der Waals surface area contributed by atoms with Gasteiger partial charge in [0, 0.05) is 25.2 Å². The van der Waals surface area contributed by atoms with Crippen molar-refractivity contribution in [2.75, 3.05) is 11.4 Å². The number of aromatic carboxylic acids is 1. The number of carboxylic acid groups (broad SMARTS) is 1. The van der Waals surface area contributed by atoms with E-state index in [1.54, 1.807) is 0 Å². The minimum absolute atomic E-state index is 0.233. The molecule has 11 nitrogen and oxygen atoms in total. The van der Waals surface area contributed by atoms with Crippen molar-refractivity contribution in [3.05, 3.63) is 63.7 Å². The Balaban J connectivity index is 1.78. The van der Waals surface area contributed by atoms with Gasteiger partial charge in [-0.05, 0) is 38.0 Å². The van der Waals surface area contributed by atoms with Crippen molar-refractivity contribution in [2.45, 2.75) is 44.4 Å². The topological polar surface area (TPSA) is 174 Å². The number of hydrogen-bond acceptors (Lipinski definition) is 8. The van der Waals surface area contributed by atoms with E-state index in [9.17, 15) is 33.1 Å². The van der Waals surface area contributed by atoms with Crippen molar-refractivity contribution in [2.24, 2.45) is 11.5 Å². The summed E-state index contributed by atoms with van der Waals surface area (Å²) >= 11 is 0. The van der Waals surface area contributed by atoms with E-state index in [1.165, 1.54) is 11.8 Å². The first kappa shape index (κ1) is 27.7. The lowest BCUT2D eigenvalue weighted by atomic mass is 10.1. The number of carbonyl (C=O) groups is 3. The number of benzene rings is 1. The van der Waals surface area contributed by atoms with Crippen LogP contribution in [0, 0.1) is 17.5 Å². The molecule has 3 heterocycles. The fourth-order valence-electron chi connectivity index (χ4n) is 4.37.